The van der Waals surface area contributed by atoms with E-state index in [-0.39, 0.29) is 0 Å². The Morgan fingerprint density at radius 2 is 2.17 bits per heavy atom. The lowest BCUT2D eigenvalue weighted by Gasteiger charge is -1.92. The average Bonchev–Trinajstić information content (AvgIpc) is 3.10. The molecule has 92 valence electrons. The summed E-state index contributed by atoms with van der Waals surface area (Å²) in [6, 6.07) is 0. The van der Waals surface area contributed by atoms with Crippen LogP contribution in [0.2, 0.25) is 0 Å². The number of nitrogens with one attached hydrogen (secondary N) is 1. The van der Waals surface area contributed by atoms with Crippen molar-refractivity contribution in [2.24, 2.45) is 0 Å². The van der Waals surface area contributed by atoms with Crippen molar-refractivity contribution in [1.29, 1.82) is 0 Å². The van der Waals surface area contributed by atoms with Crippen molar-refractivity contribution in [3.63, 3.8) is 0 Å². The SMILES string of the molecule is CCc1nnc(Cn2cc(-c3ncc[nH]3)nn2)s1. The zero-order valence-electron chi connectivity index (χ0n) is 9.74. The number of rotatable bonds is 4. The molecule has 0 saturated carbocycles. The minimum atomic E-state index is 0.589. The lowest BCUT2D eigenvalue weighted by molar-refractivity contribution is 0.642. The first kappa shape index (κ1) is 11.0. The fourth-order valence-corrected chi connectivity index (χ4v) is 2.30. The molecular weight excluding hydrogens is 250 g/mol. The van der Waals surface area contributed by atoms with Crippen molar-refractivity contribution in [2.45, 2.75) is 19.9 Å². The van der Waals surface area contributed by atoms with E-state index in [4.69, 9.17) is 0 Å². The van der Waals surface area contributed by atoms with Gasteiger partial charge in [0.05, 0.1) is 12.7 Å². The maximum absolute atomic E-state index is 4.13. The van der Waals surface area contributed by atoms with Gasteiger partial charge in [-0.2, -0.15) is 0 Å². The average molecular weight is 261 g/mol. The zero-order valence-corrected chi connectivity index (χ0v) is 10.6. The summed E-state index contributed by atoms with van der Waals surface area (Å²) in [5.74, 6) is 0.716. The zero-order chi connectivity index (χ0) is 12.4. The van der Waals surface area contributed by atoms with Gasteiger partial charge in [0.15, 0.2) is 5.82 Å². The maximum Gasteiger partial charge on any atom is 0.159 e. The second-order valence-corrected chi connectivity index (χ2v) is 4.83. The molecule has 18 heavy (non-hydrogen) atoms. The van der Waals surface area contributed by atoms with Gasteiger partial charge in [-0.1, -0.05) is 23.5 Å². The molecule has 0 aliphatic heterocycles. The second kappa shape index (κ2) is 4.65. The molecule has 3 aromatic rings. The van der Waals surface area contributed by atoms with Crippen molar-refractivity contribution >= 4 is 11.3 Å². The van der Waals surface area contributed by atoms with E-state index in [1.807, 2.05) is 6.20 Å². The molecule has 8 heteroatoms. The summed E-state index contributed by atoms with van der Waals surface area (Å²) in [6.07, 6.45) is 6.19. The number of nitrogens with zero attached hydrogens (tertiary/aromatic N) is 6. The number of imidazole rings is 1. The standard InChI is InChI=1S/C10H11N7S/c1-2-8-14-15-9(18-8)6-17-5-7(13-16-17)10-11-3-4-12-10/h3-5H,2,6H2,1H3,(H,11,12). The maximum atomic E-state index is 4.13. The molecule has 3 aromatic heterocycles. The van der Waals surface area contributed by atoms with Crippen LogP contribution in [0.15, 0.2) is 18.6 Å². The minimum Gasteiger partial charge on any atom is -0.343 e. The predicted octanol–water partition coefficient (Wildman–Crippen LogP) is 1.13. The van der Waals surface area contributed by atoms with Crippen LogP contribution in [-0.2, 0) is 13.0 Å². The Hall–Kier alpha value is -2.09. The van der Waals surface area contributed by atoms with Gasteiger partial charge < -0.3 is 4.98 Å². The third kappa shape index (κ3) is 2.14. The second-order valence-electron chi connectivity index (χ2n) is 3.68. The molecule has 0 aliphatic rings. The molecule has 3 heterocycles. The van der Waals surface area contributed by atoms with Gasteiger partial charge in [-0.15, -0.1) is 15.3 Å². The molecule has 0 spiro atoms. The van der Waals surface area contributed by atoms with Crippen LogP contribution in [0.5, 0.6) is 0 Å². The Labute approximate surface area is 107 Å². The van der Waals surface area contributed by atoms with E-state index in [9.17, 15) is 0 Å². The summed E-state index contributed by atoms with van der Waals surface area (Å²) in [4.78, 5) is 7.12. The lowest BCUT2D eigenvalue weighted by Crippen LogP contribution is -1.99. The molecule has 0 radical (unpaired) electrons. The lowest BCUT2D eigenvalue weighted by atomic mass is 10.4. The third-order valence-electron chi connectivity index (χ3n) is 2.39. The summed E-state index contributed by atoms with van der Waals surface area (Å²) >= 11 is 1.60. The first-order valence-electron chi connectivity index (χ1n) is 5.56. The molecule has 0 bridgehead atoms. The molecular formula is C10H11N7S. The van der Waals surface area contributed by atoms with Crippen molar-refractivity contribution in [2.75, 3.05) is 0 Å². The minimum absolute atomic E-state index is 0.589. The summed E-state index contributed by atoms with van der Waals surface area (Å²) in [7, 11) is 0. The highest BCUT2D eigenvalue weighted by Crippen LogP contribution is 2.13. The quantitative estimate of drug-likeness (QED) is 0.761. The number of aryl methyl sites for hydroxylation is 1. The molecule has 0 fully saturated rings. The van der Waals surface area contributed by atoms with E-state index in [1.54, 1.807) is 28.4 Å². The smallest absolute Gasteiger partial charge is 0.159 e. The van der Waals surface area contributed by atoms with E-state index in [0.717, 1.165) is 22.1 Å². The number of hydrogen-bond acceptors (Lipinski definition) is 6. The molecule has 0 atom stereocenters. The monoisotopic (exact) mass is 261 g/mol. The van der Waals surface area contributed by atoms with Gasteiger partial charge in [0, 0.05) is 12.4 Å². The van der Waals surface area contributed by atoms with Gasteiger partial charge in [-0.05, 0) is 6.42 Å². The summed E-state index contributed by atoms with van der Waals surface area (Å²) < 4.78 is 1.73. The molecule has 0 unspecified atom stereocenters. The number of aromatic amines is 1. The number of H-pyrrole nitrogens is 1. The van der Waals surface area contributed by atoms with Crippen LogP contribution in [-0.4, -0.2) is 35.2 Å². The first-order chi connectivity index (χ1) is 8.85. The number of aromatic nitrogens is 7. The van der Waals surface area contributed by atoms with Crippen molar-refractivity contribution < 1.29 is 0 Å². The fourth-order valence-electron chi connectivity index (χ4n) is 1.52. The van der Waals surface area contributed by atoms with Crippen LogP contribution in [0.3, 0.4) is 0 Å². The molecule has 0 saturated heterocycles. The van der Waals surface area contributed by atoms with Gasteiger partial charge in [0.25, 0.3) is 0 Å². The first-order valence-corrected chi connectivity index (χ1v) is 6.38. The largest absolute Gasteiger partial charge is 0.343 e. The molecule has 0 aliphatic carbocycles. The van der Waals surface area contributed by atoms with Gasteiger partial charge in [0.2, 0.25) is 0 Å². The van der Waals surface area contributed by atoms with E-state index < -0.39 is 0 Å². The topological polar surface area (TPSA) is 85.2 Å². The Kier molecular flexibility index (Phi) is 2.85. The van der Waals surface area contributed by atoms with E-state index in [0.29, 0.717) is 12.4 Å². The van der Waals surface area contributed by atoms with Gasteiger partial charge in [-0.25, -0.2) is 9.67 Å². The Balaban J connectivity index is 1.77. The summed E-state index contributed by atoms with van der Waals surface area (Å²) in [5, 5.41) is 18.3. The van der Waals surface area contributed by atoms with Crippen LogP contribution < -0.4 is 0 Å². The Bertz CT molecular complexity index is 624. The molecule has 0 aromatic carbocycles. The van der Waals surface area contributed by atoms with Crippen molar-refractivity contribution in [3.8, 4) is 11.5 Å². The molecule has 3 rings (SSSR count). The highest BCUT2D eigenvalue weighted by Gasteiger charge is 2.08. The Morgan fingerprint density at radius 3 is 2.89 bits per heavy atom. The van der Waals surface area contributed by atoms with Crippen molar-refractivity contribution in [1.82, 2.24) is 35.2 Å². The van der Waals surface area contributed by atoms with Gasteiger partial charge >= 0.3 is 0 Å². The van der Waals surface area contributed by atoms with Gasteiger partial charge in [0.1, 0.15) is 15.7 Å². The Morgan fingerprint density at radius 1 is 1.28 bits per heavy atom. The highest BCUT2D eigenvalue weighted by molar-refractivity contribution is 7.11. The van der Waals surface area contributed by atoms with Crippen LogP contribution in [0.1, 0.15) is 16.9 Å². The molecule has 7 nitrogen and oxygen atoms in total. The van der Waals surface area contributed by atoms with Crippen LogP contribution in [0.4, 0.5) is 0 Å². The van der Waals surface area contributed by atoms with Crippen molar-refractivity contribution in [3.05, 3.63) is 28.6 Å². The normalized spacial score (nSPS) is 10.9. The number of hydrogen-bond donors (Lipinski definition) is 1. The third-order valence-corrected chi connectivity index (χ3v) is 3.44. The molecule has 0 amide bonds. The van der Waals surface area contributed by atoms with E-state index in [1.165, 1.54) is 0 Å². The van der Waals surface area contributed by atoms with Crippen LogP contribution in [0, 0.1) is 0 Å². The predicted molar refractivity (Wildman–Crippen MR) is 66.0 cm³/mol. The van der Waals surface area contributed by atoms with Gasteiger partial charge in [-0.3, -0.25) is 0 Å². The van der Waals surface area contributed by atoms with E-state index >= 15 is 0 Å². The fraction of sp³-hybridized carbons (Fsp3) is 0.300. The van der Waals surface area contributed by atoms with E-state index in [2.05, 4.69) is 37.4 Å². The summed E-state index contributed by atoms with van der Waals surface area (Å²) in [6.45, 7) is 2.65. The summed E-state index contributed by atoms with van der Waals surface area (Å²) in [5.41, 5.74) is 0.722. The van der Waals surface area contributed by atoms with Crippen LogP contribution in [0.25, 0.3) is 11.5 Å². The highest BCUT2D eigenvalue weighted by atomic mass is 32.1. The molecule has 1 N–H and O–H groups in total. The van der Waals surface area contributed by atoms with Crippen LogP contribution >= 0.6 is 11.3 Å².